The van der Waals surface area contributed by atoms with E-state index < -0.39 is 5.97 Å². The first kappa shape index (κ1) is 27.8. The van der Waals surface area contributed by atoms with Gasteiger partial charge in [0.15, 0.2) is 0 Å². The molecule has 0 bridgehead atoms. The van der Waals surface area contributed by atoms with Crippen molar-refractivity contribution < 1.29 is 11.3 Å². The summed E-state index contributed by atoms with van der Waals surface area (Å²) < 4.78 is 0. The Hall–Kier alpha value is -0.790. The molecule has 0 heterocycles. The maximum Gasteiger partial charge on any atom is 0.306 e. The van der Waals surface area contributed by atoms with Crippen LogP contribution in [-0.4, -0.2) is 11.1 Å². The van der Waals surface area contributed by atoms with Crippen LogP contribution in [0, 0.1) is 52.3 Å². The SMILES string of the molecule is CC(C)CCC[C@@H](C)[C@H]1CC[C@H]2C3CC=C4CCCC[C@]4(C)[C@H]3CC[C@]12C.CCC(C)C(=O)O.[HH]. The molecule has 0 aromatic rings. The molecular formula is C32H58O2. The fraction of sp³-hybridized carbons (Fsp3) is 0.906. The van der Waals surface area contributed by atoms with Crippen molar-refractivity contribution in [3.05, 3.63) is 11.6 Å². The molecule has 0 spiro atoms. The normalized spacial score (nSPS) is 38.5. The second-order valence-electron chi connectivity index (χ2n) is 13.6. The van der Waals surface area contributed by atoms with Gasteiger partial charge >= 0.3 is 5.97 Å². The third kappa shape index (κ3) is 5.62. The van der Waals surface area contributed by atoms with Crippen molar-refractivity contribution in [3.63, 3.8) is 0 Å². The topological polar surface area (TPSA) is 37.3 Å². The van der Waals surface area contributed by atoms with E-state index in [0.717, 1.165) is 41.9 Å². The Balaban J connectivity index is 0.000000476. The number of hydrogen-bond acceptors (Lipinski definition) is 1. The molecule has 0 saturated heterocycles. The van der Waals surface area contributed by atoms with E-state index in [4.69, 9.17) is 5.11 Å². The van der Waals surface area contributed by atoms with Crippen molar-refractivity contribution in [1.82, 2.24) is 0 Å². The van der Waals surface area contributed by atoms with Gasteiger partial charge in [-0.2, -0.15) is 0 Å². The predicted octanol–water partition coefficient (Wildman–Crippen LogP) is 9.78. The van der Waals surface area contributed by atoms with Gasteiger partial charge in [0.2, 0.25) is 0 Å². The number of carboxylic acid groups (broad SMARTS) is 1. The lowest BCUT2D eigenvalue weighted by atomic mass is 9.47. The van der Waals surface area contributed by atoms with E-state index in [2.05, 4.69) is 40.7 Å². The molecule has 198 valence electrons. The van der Waals surface area contributed by atoms with Crippen molar-refractivity contribution in [3.8, 4) is 0 Å². The highest BCUT2D eigenvalue weighted by molar-refractivity contribution is 5.69. The smallest absolute Gasteiger partial charge is 0.306 e. The molecule has 3 saturated carbocycles. The Morgan fingerprint density at radius 1 is 1.06 bits per heavy atom. The summed E-state index contributed by atoms with van der Waals surface area (Å²) >= 11 is 0. The Morgan fingerprint density at radius 2 is 1.79 bits per heavy atom. The summed E-state index contributed by atoms with van der Waals surface area (Å²) in [5.41, 5.74) is 3.09. The Bertz CT molecular complexity index is 714. The molecule has 34 heavy (non-hydrogen) atoms. The highest BCUT2D eigenvalue weighted by Gasteiger charge is 2.58. The van der Waals surface area contributed by atoms with Crippen LogP contribution in [0.15, 0.2) is 11.6 Å². The molecule has 1 N–H and O–H groups in total. The third-order valence-electron chi connectivity index (χ3n) is 11.3. The highest BCUT2D eigenvalue weighted by atomic mass is 16.4. The summed E-state index contributed by atoms with van der Waals surface area (Å²) in [6, 6.07) is 0. The van der Waals surface area contributed by atoms with E-state index in [-0.39, 0.29) is 7.34 Å². The molecule has 0 aromatic heterocycles. The average Bonchev–Trinajstić information content (AvgIpc) is 3.15. The minimum Gasteiger partial charge on any atom is -0.481 e. The van der Waals surface area contributed by atoms with Gasteiger partial charge in [-0.1, -0.05) is 85.8 Å². The Morgan fingerprint density at radius 3 is 2.41 bits per heavy atom. The van der Waals surface area contributed by atoms with Crippen molar-refractivity contribution in [2.75, 3.05) is 0 Å². The summed E-state index contributed by atoms with van der Waals surface area (Å²) in [7, 11) is 0. The van der Waals surface area contributed by atoms with Gasteiger partial charge < -0.3 is 5.11 Å². The molecule has 3 fully saturated rings. The first-order valence-corrected chi connectivity index (χ1v) is 15.0. The summed E-state index contributed by atoms with van der Waals surface area (Å²) in [5, 5.41) is 8.18. The van der Waals surface area contributed by atoms with E-state index in [0.29, 0.717) is 10.8 Å². The number of rotatable bonds is 7. The molecule has 4 rings (SSSR count). The average molecular weight is 475 g/mol. The molecule has 4 aliphatic carbocycles. The zero-order chi connectivity index (χ0) is 25.1. The molecule has 0 aromatic carbocycles. The second-order valence-corrected chi connectivity index (χ2v) is 13.6. The molecular weight excluding hydrogens is 416 g/mol. The van der Waals surface area contributed by atoms with Gasteiger partial charge in [-0.05, 0) is 104 Å². The van der Waals surface area contributed by atoms with Crippen LogP contribution >= 0.6 is 0 Å². The van der Waals surface area contributed by atoms with Crippen LogP contribution in [0.5, 0.6) is 0 Å². The lowest BCUT2D eigenvalue weighted by Crippen LogP contribution is -2.50. The lowest BCUT2D eigenvalue weighted by Gasteiger charge is -2.58. The van der Waals surface area contributed by atoms with Gasteiger partial charge in [-0.3, -0.25) is 4.79 Å². The Labute approximate surface area is 213 Å². The van der Waals surface area contributed by atoms with Gasteiger partial charge in [0.25, 0.3) is 0 Å². The highest BCUT2D eigenvalue weighted by Crippen LogP contribution is 2.67. The van der Waals surface area contributed by atoms with E-state index >= 15 is 0 Å². The van der Waals surface area contributed by atoms with E-state index in [9.17, 15) is 4.79 Å². The quantitative estimate of drug-likeness (QED) is 0.373. The van der Waals surface area contributed by atoms with Crippen LogP contribution in [0.25, 0.3) is 0 Å². The fourth-order valence-corrected chi connectivity index (χ4v) is 8.90. The third-order valence-corrected chi connectivity index (χ3v) is 11.3. The number of aliphatic carboxylic acids is 1. The number of allylic oxidation sites excluding steroid dienone is 2. The van der Waals surface area contributed by atoms with Crippen LogP contribution < -0.4 is 0 Å². The zero-order valence-corrected chi connectivity index (χ0v) is 23.7. The first-order chi connectivity index (χ1) is 16.0. The molecule has 2 heteroatoms. The largest absolute Gasteiger partial charge is 0.481 e. The second kappa shape index (κ2) is 11.5. The number of carboxylic acids is 1. The summed E-state index contributed by atoms with van der Waals surface area (Å²) in [4.78, 5) is 9.93. The van der Waals surface area contributed by atoms with Gasteiger partial charge in [0, 0.05) is 1.43 Å². The van der Waals surface area contributed by atoms with Crippen molar-refractivity contribution in [1.29, 1.82) is 0 Å². The monoisotopic (exact) mass is 474 g/mol. The van der Waals surface area contributed by atoms with Crippen LogP contribution in [0.4, 0.5) is 0 Å². The molecule has 4 aliphatic rings. The number of hydrogen-bond donors (Lipinski definition) is 1. The van der Waals surface area contributed by atoms with Crippen molar-refractivity contribution in [2.45, 2.75) is 132 Å². The number of fused-ring (bicyclic) bond motifs is 5. The minimum atomic E-state index is -0.706. The maximum atomic E-state index is 9.93. The van der Waals surface area contributed by atoms with Gasteiger partial charge in [-0.15, -0.1) is 0 Å². The standard InChI is InChI=1S/C27H46.C5H10O2.H2/c1-19(2)9-8-10-20(3)23-14-15-24-22-13-12-21-11-6-7-17-26(21,4)25(22)16-18-27(23,24)5;1-3-4(2)5(6)7;/h12,19-20,22-25H,6-11,13-18H2,1-5H3;4H,3H2,1-2H3,(H,6,7);1H/t20-,22?,23-,24+,25+,26+,27-;;/m1../s1. The minimum absolute atomic E-state index is 0. The molecule has 8 atom stereocenters. The summed E-state index contributed by atoms with van der Waals surface area (Å²) in [5.74, 6) is 4.96. The lowest BCUT2D eigenvalue weighted by molar-refractivity contribution is -0.141. The van der Waals surface area contributed by atoms with E-state index in [1.807, 2.05) is 12.5 Å². The van der Waals surface area contributed by atoms with Crippen LogP contribution in [0.3, 0.4) is 0 Å². The Kier molecular flexibility index (Phi) is 9.41. The predicted molar refractivity (Wildman–Crippen MR) is 147 cm³/mol. The zero-order valence-electron chi connectivity index (χ0n) is 23.7. The molecule has 2 unspecified atom stereocenters. The van der Waals surface area contributed by atoms with Gasteiger partial charge in [-0.25, -0.2) is 0 Å². The van der Waals surface area contributed by atoms with Crippen molar-refractivity contribution in [2.24, 2.45) is 52.3 Å². The van der Waals surface area contributed by atoms with Crippen LogP contribution in [0.2, 0.25) is 0 Å². The van der Waals surface area contributed by atoms with Crippen LogP contribution in [0.1, 0.15) is 133 Å². The summed E-state index contributed by atoms with van der Waals surface area (Å²) in [6.45, 7) is 16.3. The molecule has 0 aliphatic heterocycles. The summed E-state index contributed by atoms with van der Waals surface area (Å²) in [6.07, 6.45) is 21.2. The number of carbonyl (C=O) groups is 1. The first-order valence-electron chi connectivity index (χ1n) is 15.0. The van der Waals surface area contributed by atoms with Gasteiger partial charge in [0.05, 0.1) is 5.92 Å². The molecule has 2 nitrogen and oxygen atoms in total. The van der Waals surface area contributed by atoms with Crippen LogP contribution in [-0.2, 0) is 4.79 Å². The van der Waals surface area contributed by atoms with Gasteiger partial charge in [0.1, 0.15) is 0 Å². The van der Waals surface area contributed by atoms with Crippen molar-refractivity contribution >= 4 is 5.97 Å². The molecule has 0 amide bonds. The maximum absolute atomic E-state index is 9.93. The van der Waals surface area contributed by atoms with E-state index in [1.54, 1.807) is 6.92 Å². The fourth-order valence-electron chi connectivity index (χ4n) is 8.90. The molecule has 0 radical (unpaired) electrons. The van der Waals surface area contributed by atoms with E-state index in [1.165, 1.54) is 77.0 Å².